The number of guanidine groups is 1. The molecule has 3 N–H and O–H groups in total. The second-order valence-corrected chi connectivity index (χ2v) is 6.44. The summed E-state index contributed by atoms with van der Waals surface area (Å²) in [5.41, 5.74) is -0.461. The van der Waals surface area contributed by atoms with Crippen LogP contribution in [0.3, 0.4) is 0 Å². The first-order chi connectivity index (χ1) is 11.7. The van der Waals surface area contributed by atoms with E-state index < -0.39 is 38.8 Å². The topological polar surface area (TPSA) is 150 Å². The smallest absolute Gasteiger partial charge is 0.337 e. The number of amides is 2. The number of aromatic carboxylic acids is 1. The molecule has 0 spiro atoms. The first-order valence-electron chi connectivity index (χ1n) is 6.77. The van der Waals surface area contributed by atoms with Crippen LogP contribution in [-0.4, -0.2) is 63.2 Å². The predicted molar refractivity (Wildman–Crippen MR) is 86.7 cm³/mol. The molecule has 1 aliphatic heterocycles. The maximum atomic E-state index is 12.2. The molecule has 0 bridgehead atoms. The van der Waals surface area contributed by atoms with Gasteiger partial charge in [-0.1, -0.05) is 12.1 Å². The highest BCUT2D eigenvalue weighted by Crippen LogP contribution is 2.15. The SMILES string of the molecule is COC1N=C(NC(=O)NS(=O)(=O)c2ccccc2C(=O)O)N=CN1C. The maximum Gasteiger partial charge on any atom is 0.337 e. The number of rotatable bonds is 4. The lowest BCUT2D eigenvalue weighted by atomic mass is 10.2. The van der Waals surface area contributed by atoms with Crippen LogP contribution in [0.25, 0.3) is 0 Å². The number of ether oxygens (including phenoxy) is 1. The summed E-state index contributed by atoms with van der Waals surface area (Å²) in [5, 5.41) is 11.2. The molecule has 1 aromatic carbocycles. The van der Waals surface area contributed by atoms with E-state index in [-0.39, 0.29) is 5.96 Å². The summed E-state index contributed by atoms with van der Waals surface area (Å²) in [4.78, 5) is 31.7. The number of sulfonamides is 1. The summed E-state index contributed by atoms with van der Waals surface area (Å²) in [7, 11) is -1.37. The molecule has 0 fully saturated rings. The number of urea groups is 1. The molecule has 0 radical (unpaired) electrons. The number of nitrogens with one attached hydrogen (secondary N) is 2. The summed E-state index contributed by atoms with van der Waals surface area (Å²) >= 11 is 0. The molecule has 11 nitrogen and oxygen atoms in total. The molecule has 25 heavy (non-hydrogen) atoms. The van der Waals surface area contributed by atoms with E-state index >= 15 is 0 Å². The first kappa shape index (κ1) is 18.4. The average Bonchev–Trinajstić information content (AvgIpc) is 2.56. The Bertz CT molecular complexity index is 850. The lowest BCUT2D eigenvalue weighted by molar-refractivity contribution is 0.0279. The fourth-order valence-electron chi connectivity index (χ4n) is 1.90. The maximum absolute atomic E-state index is 12.2. The number of benzene rings is 1. The second kappa shape index (κ2) is 7.27. The molecule has 1 unspecified atom stereocenters. The van der Waals surface area contributed by atoms with Gasteiger partial charge in [-0.05, 0) is 12.1 Å². The van der Waals surface area contributed by atoms with Gasteiger partial charge in [0.1, 0.15) is 4.90 Å². The monoisotopic (exact) mass is 369 g/mol. The summed E-state index contributed by atoms with van der Waals surface area (Å²) in [6.07, 6.45) is 0.613. The molecule has 1 aromatic rings. The van der Waals surface area contributed by atoms with Gasteiger partial charge in [-0.15, -0.1) is 0 Å². The fourth-order valence-corrected chi connectivity index (χ4v) is 3.00. The predicted octanol–water partition coefficient (Wildman–Crippen LogP) is -0.368. The third-order valence-electron chi connectivity index (χ3n) is 3.01. The first-order valence-corrected chi connectivity index (χ1v) is 8.26. The third kappa shape index (κ3) is 4.30. The van der Waals surface area contributed by atoms with Crippen molar-refractivity contribution in [1.82, 2.24) is 14.9 Å². The van der Waals surface area contributed by atoms with Crippen molar-refractivity contribution in [3.63, 3.8) is 0 Å². The minimum absolute atomic E-state index is 0.163. The van der Waals surface area contributed by atoms with Crippen LogP contribution in [0.15, 0.2) is 39.1 Å². The number of carbonyl (C=O) groups excluding carboxylic acids is 1. The molecule has 0 saturated heterocycles. The van der Waals surface area contributed by atoms with Gasteiger partial charge in [-0.25, -0.2) is 27.7 Å². The molecule has 2 amide bonds. The van der Waals surface area contributed by atoms with Gasteiger partial charge in [0.2, 0.25) is 12.3 Å². The van der Waals surface area contributed by atoms with Gasteiger partial charge in [0.25, 0.3) is 10.0 Å². The van der Waals surface area contributed by atoms with Crippen LogP contribution < -0.4 is 10.0 Å². The molecule has 1 aliphatic rings. The van der Waals surface area contributed by atoms with Crippen LogP contribution >= 0.6 is 0 Å². The average molecular weight is 369 g/mol. The Hall–Kier alpha value is -2.99. The molecule has 1 atom stereocenters. The summed E-state index contributed by atoms with van der Waals surface area (Å²) in [6.45, 7) is 0. The Morgan fingerprint density at radius 1 is 1.32 bits per heavy atom. The molecule has 1 heterocycles. The zero-order chi connectivity index (χ0) is 18.6. The number of nitrogens with zero attached hydrogens (tertiary/aromatic N) is 3. The second-order valence-electron chi connectivity index (χ2n) is 4.79. The van der Waals surface area contributed by atoms with Gasteiger partial charge in [0.15, 0.2) is 0 Å². The van der Waals surface area contributed by atoms with Crippen molar-refractivity contribution in [2.45, 2.75) is 11.2 Å². The summed E-state index contributed by atoms with van der Waals surface area (Å²) in [6, 6.07) is 3.76. The van der Waals surface area contributed by atoms with Gasteiger partial charge >= 0.3 is 12.0 Å². The number of hydrogen-bond acceptors (Lipinski definition) is 8. The van der Waals surface area contributed by atoms with Crippen LogP contribution in [0, 0.1) is 0 Å². The highest BCUT2D eigenvalue weighted by atomic mass is 32.2. The number of carboxylic acid groups (broad SMARTS) is 1. The zero-order valence-corrected chi connectivity index (χ0v) is 14.0. The molecule has 2 rings (SSSR count). The Labute approximate surface area is 143 Å². The van der Waals surface area contributed by atoms with Gasteiger partial charge < -0.3 is 14.7 Å². The molecule has 0 saturated carbocycles. The van der Waals surface area contributed by atoms with Crippen molar-refractivity contribution >= 4 is 34.3 Å². The highest BCUT2D eigenvalue weighted by molar-refractivity contribution is 7.90. The van der Waals surface area contributed by atoms with Gasteiger partial charge in [-0.3, -0.25) is 5.32 Å². The van der Waals surface area contributed by atoms with Crippen molar-refractivity contribution in [3.8, 4) is 0 Å². The Morgan fingerprint density at radius 3 is 2.64 bits per heavy atom. The fraction of sp³-hybridized carbons (Fsp3) is 0.231. The Kier molecular flexibility index (Phi) is 5.34. The summed E-state index contributed by atoms with van der Waals surface area (Å²) < 4.78 is 31.2. The van der Waals surface area contributed by atoms with E-state index in [0.29, 0.717) is 0 Å². The van der Waals surface area contributed by atoms with Crippen LogP contribution in [0.5, 0.6) is 0 Å². The molecule has 0 aliphatic carbocycles. The van der Waals surface area contributed by atoms with Crippen molar-refractivity contribution in [2.24, 2.45) is 9.98 Å². The molecule has 0 aromatic heterocycles. The lowest BCUT2D eigenvalue weighted by Crippen LogP contribution is -2.45. The van der Waals surface area contributed by atoms with Crippen molar-refractivity contribution < 1.29 is 27.9 Å². The van der Waals surface area contributed by atoms with Crippen LogP contribution in [-0.2, 0) is 14.8 Å². The number of methoxy groups -OCH3 is 1. The van der Waals surface area contributed by atoms with E-state index in [2.05, 4.69) is 15.3 Å². The van der Waals surface area contributed by atoms with E-state index in [1.54, 1.807) is 11.8 Å². The highest BCUT2D eigenvalue weighted by Gasteiger charge is 2.25. The van der Waals surface area contributed by atoms with E-state index in [1.807, 2.05) is 0 Å². The number of carbonyl (C=O) groups is 2. The van der Waals surface area contributed by atoms with Crippen molar-refractivity contribution in [3.05, 3.63) is 29.8 Å². The van der Waals surface area contributed by atoms with Crippen LogP contribution in [0.2, 0.25) is 0 Å². The quantitative estimate of drug-likeness (QED) is 0.655. The van der Waals surface area contributed by atoms with Crippen molar-refractivity contribution in [1.29, 1.82) is 0 Å². The normalized spacial score (nSPS) is 17.0. The van der Waals surface area contributed by atoms with E-state index in [9.17, 15) is 18.0 Å². The van der Waals surface area contributed by atoms with E-state index in [4.69, 9.17) is 9.84 Å². The molecular weight excluding hydrogens is 354 g/mol. The van der Waals surface area contributed by atoms with E-state index in [1.165, 1.54) is 30.5 Å². The van der Waals surface area contributed by atoms with Gasteiger partial charge in [0.05, 0.1) is 11.9 Å². The van der Waals surface area contributed by atoms with E-state index in [0.717, 1.165) is 12.1 Å². The largest absolute Gasteiger partial charge is 0.478 e. The minimum Gasteiger partial charge on any atom is -0.478 e. The van der Waals surface area contributed by atoms with Gasteiger partial charge in [-0.2, -0.15) is 4.99 Å². The number of hydrogen-bond donors (Lipinski definition) is 3. The van der Waals surface area contributed by atoms with Crippen LogP contribution in [0.4, 0.5) is 4.79 Å². The van der Waals surface area contributed by atoms with Crippen LogP contribution in [0.1, 0.15) is 10.4 Å². The number of aliphatic imine (C=N–C) groups is 2. The van der Waals surface area contributed by atoms with Crippen molar-refractivity contribution in [2.75, 3.05) is 14.2 Å². The third-order valence-corrected chi connectivity index (χ3v) is 4.40. The number of carboxylic acids is 1. The standard InChI is InChI=1S/C13H15N5O6S/c1-18-7-14-11(16-13(18)24-2)15-12(21)17-25(22,23)9-6-4-3-5-8(9)10(19)20/h3-7,13H,1-2H3,(H,19,20)(H2,15,16,17,21). The Morgan fingerprint density at radius 2 is 2.00 bits per heavy atom. The lowest BCUT2D eigenvalue weighted by Gasteiger charge is -2.24. The molecule has 12 heteroatoms. The Balaban J connectivity index is 2.15. The minimum atomic E-state index is -4.41. The zero-order valence-electron chi connectivity index (χ0n) is 13.2. The van der Waals surface area contributed by atoms with Gasteiger partial charge in [0, 0.05) is 14.2 Å². The summed E-state index contributed by atoms with van der Waals surface area (Å²) in [5.74, 6) is -1.60. The molecule has 134 valence electrons. The molecular formula is C13H15N5O6S.